The van der Waals surface area contributed by atoms with Crippen LogP contribution >= 0.6 is 15.9 Å². The average molecular weight is 288 g/mol. The van der Waals surface area contributed by atoms with Gasteiger partial charge < -0.3 is 9.32 Å². The van der Waals surface area contributed by atoms with E-state index in [9.17, 15) is 0 Å². The van der Waals surface area contributed by atoms with Crippen LogP contribution in [0.2, 0.25) is 0 Å². The summed E-state index contributed by atoms with van der Waals surface area (Å²) in [6, 6.07) is 4.14. The normalized spacial score (nSPS) is 21.2. The van der Waals surface area contributed by atoms with Gasteiger partial charge in [0.2, 0.25) is 0 Å². The van der Waals surface area contributed by atoms with E-state index in [1.54, 1.807) is 0 Å². The van der Waals surface area contributed by atoms with Gasteiger partial charge in [-0.3, -0.25) is 0 Å². The molecule has 90 valence electrons. The molecule has 0 aliphatic carbocycles. The van der Waals surface area contributed by atoms with Gasteiger partial charge in [-0.05, 0) is 42.0 Å². The summed E-state index contributed by atoms with van der Waals surface area (Å²) in [4.78, 5) is 2.34. The number of hydrogen-bond acceptors (Lipinski definition) is 4. The van der Waals surface area contributed by atoms with Crippen molar-refractivity contribution in [3.8, 4) is 0 Å². The van der Waals surface area contributed by atoms with Crippen molar-refractivity contribution in [2.24, 2.45) is 0 Å². The van der Waals surface area contributed by atoms with Crippen LogP contribution in [0.3, 0.4) is 0 Å². The summed E-state index contributed by atoms with van der Waals surface area (Å²) in [5, 5.41) is 2.26. The summed E-state index contributed by atoms with van der Waals surface area (Å²) < 4.78 is 6.31. The molecule has 0 bridgehead atoms. The molecule has 0 saturated carbocycles. The molecule has 1 aromatic rings. The molecule has 5 heteroatoms. The second-order valence-corrected chi connectivity index (χ2v) is 5.06. The van der Waals surface area contributed by atoms with E-state index in [4.69, 9.17) is 4.42 Å². The third-order valence-corrected chi connectivity index (χ3v) is 3.33. The molecule has 4 nitrogen and oxygen atoms in total. The average Bonchev–Trinajstić information content (AvgIpc) is 2.68. The first-order chi connectivity index (χ1) is 7.65. The Labute approximate surface area is 105 Å². The van der Waals surface area contributed by atoms with Crippen LogP contribution in [0.1, 0.15) is 18.7 Å². The van der Waals surface area contributed by atoms with Gasteiger partial charge in [0.25, 0.3) is 0 Å². The Balaban J connectivity index is 1.85. The molecule has 1 aliphatic heterocycles. The van der Waals surface area contributed by atoms with E-state index in [1.165, 1.54) is 0 Å². The molecule has 0 radical (unpaired) electrons. The van der Waals surface area contributed by atoms with Gasteiger partial charge in [0.15, 0.2) is 4.67 Å². The van der Waals surface area contributed by atoms with Gasteiger partial charge in [-0.2, -0.15) is 0 Å². The largest absolute Gasteiger partial charge is 0.453 e. The quantitative estimate of drug-likeness (QED) is 0.920. The van der Waals surface area contributed by atoms with Crippen molar-refractivity contribution in [2.75, 3.05) is 33.2 Å². The fourth-order valence-corrected chi connectivity index (χ4v) is 2.15. The molecule has 0 aromatic carbocycles. The zero-order chi connectivity index (χ0) is 11.5. The van der Waals surface area contributed by atoms with Crippen LogP contribution < -0.4 is 5.43 Å². The molecule has 1 unspecified atom stereocenters. The molecule has 1 fully saturated rings. The molecule has 1 aromatic heterocycles. The number of furan rings is 1. The standard InChI is InChI=1S/C11H18BrN3O/c1-9(10-3-4-11(12)16-10)13-15-7-5-14(2)6-8-15/h3-4,9,13H,5-8H2,1-2H3. The highest BCUT2D eigenvalue weighted by Crippen LogP contribution is 2.20. The Kier molecular flexibility index (Phi) is 4.02. The van der Waals surface area contributed by atoms with Gasteiger partial charge in [0.05, 0.1) is 6.04 Å². The minimum atomic E-state index is 0.217. The summed E-state index contributed by atoms with van der Waals surface area (Å²) in [6.45, 7) is 6.46. The Bertz CT molecular complexity index is 334. The van der Waals surface area contributed by atoms with Crippen molar-refractivity contribution in [1.29, 1.82) is 0 Å². The number of rotatable bonds is 3. The first-order valence-electron chi connectivity index (χ1n) is 5.60. The van der Waals surface area contributed by atoms with E-state index in [0.29, 0.717) is 0 Å². The SMILES string of the molecule is CC(NN1CCN(C)CC1)c1ccc(Br)o1. The van der Waals surface area contributed by atoms with Crippen LogP contribution in [0, 0.1) is 0 Å². The fraction of sp³-hybridized carbons (Fsp3) is 0.636. The van der Waals surface area contributed by atoms with E-state index in [0.717, 1.165) is 36.6 Å². The number of nitrogens with one attached hydrogen (secondary N) is 1. The van der Waals surface area contributed by atoms with E-state index in [2.05, 4.69) is 45.2 Å². The maximum Gasteiger partial charge on any atom is 0.169 e. The van der Waals surface area contributed by atoms with E-state index in [1.807, 2.05) is 12.1 Å². The predicted molar refractivity (Wildman–Crippen MR) is 67.0 cm³/mol. The van der Waals surface area contributed by atoms with Crippen molar-refractivity contribution in [3.63, 3.8) is 0 Å². The Hall–Kier alpha value is -0.360. The lowest BCUT2D eigenvalue weighted by molar-refractivity contribution is 0.0855. The van der Waals surface area contributed by atoms with E-state index in [-0.39, 0.29) is 6.04 Å². The number of hydrogen-bond donors (Lipinski definition) is 1. The van der Waals surface area contributed by atoms with Gasteiger partial charge in [-0.1, -0.05) is 0 Å². The molecule has 2 heterocycles. The summed E-state index contributed by atoms with van der Waals surface area (Å²) in [6.07, 6.45) is 0. The van der Waals surface area contributed by atoms with Gasteiger partial charge in [0, 0.05) is 26.2 Å². The zero-order valence-electron chi connectivity index (χ0n) is 9.74. The van der Waals surface area contributed by atoms with E-state index < -0.39 is 0 Å². The van der Waals surface area contributed by atoms with Crippen LogP contribution in [0.15, 0.2) is 21.2 Å². The number of nitrogens with zero attached hydrogens (tertiary/aromatic N) is 2. The minimum Gasteiger partial charge on any atom is -0.453 e. The third kappa shape index (κ3) is 3.07. The maximum absolute atomic E-state index is 5.53. The summed E-state index contributed by atoms with van der Waals surface area (Å²) >= 11 is 3.32. The Morgan fingerprint density at radius 2 is 2.00 bits per heavy atom. The molecule has 1 saturated heterocycles. The highest BCUT2D eigenvalue weighted by atomic mass is 79.9. The topological polar surface area (TPSA) is 31.6 Å². The summed E-state index contributed by atoms with van der Waals surface area (Å²) in [5.41, 5.74) is 3.46. The molecule has 1 atom stereocenters. The number of hydrazine groups is 1. The fourth-order valence-electron chi connectivity index (χ4n) is 1.83. The molecule has 1 aliphatic rings. The van der Waals surface area contributed by atoms with Crippen LogP contribution in [-0.4, -0.2) is 43.1 Å². The molecule has 2 rings (SSSR count). The summed E-state index contributed by atoms with van der Waals surface area (Å²) in [7, 11) is 2.16. The van der Waals surface area contributed by atoms with E-state index >= 15 is 0 Å². The number of likely N-dealkylation sites (N-methyl/N-ethyl adjacent to an activating group) is 1. The molecule has 0 amide bonds. The second-order valence-electron chi connectivity index (χ2n) is 4.28. The smallest absolute Gasteiger partial charge is 0.169 e. The number of halogens is 1. The lowest BCUT2D eigenvalue weighted by Gasteiger charge is -2.34. The van der Waals surface area contributed by atoms with Crippen molar-refractivity contribution in [1.82, 2.24) is 15.3 Å². The Morgan fingerprint density at radius 3 is 2.56 bits per heavy atom. The van der Waals surface area contributed by atoms with Gasteiger partial charge in [-0.15, -0.1) is 0 Å². The number of piperazine rings is 1. The Morgan fingerprint density at radius 1 is 1.31 bits per heavy atom. The first kappa shape index (κ1) is 12.1. The van der Waals surface area contributed by atoms with Gasteiger partial charge >= 0.3 is 0 Å². The van der Waals surface area contributed by atoms with Gasteiger partial charge in [0.1, 0.15) is 5.76 Å². The van der Waals surface area contributed by atoms with Crippen LogP contribution in [0.25, 0.3) is 0 Å². The maximum atomic E-state index is 5.53. The highest BCUT2D eigenvalue weighted by molar-refractivity contribution is 9.10. The van der Waals surface area contributed by atoms with Crippen molar-refractivity contribution in [2.45, 2.75) is 13.0 Å². The van der Waals surface area contributed by atoms with Crippen LogP contribution in [0.4, 0.5) is 0 Å². The molecular formula is C11H18BrN3O. The molecule has 16 heavy (non-hydrogen) atoms. The lowest BCUT2D eigenvalue weighted by Crippen LogP contribution is -2.51. The lowest BCUT2D eigenvalue weighted by atomic mass is 10.3. The van der Waals surface area contributed by atoms with Crippen LogP contribution in [0.5, 0.6) is 0 Å². The summed E-state index contributed by atoms with van der Waals surface area (Å²) in [5.74, 6) is 0.964. The first-order valence-corrected chi connectivity index (χ1v) is 6.39. The van der Waals surface area contributed by atoms with Gasteiger partial charge in [-0.25, -0.2) is 10.4 Å². The van der Waals surface area contributed by atoms with Crippen molar-refractivity contribution in [3.05, 3.63) is 22.6 Å². The molecule has 0 spiro atoms. The molecule has 1 N–H and O–H groups in total. The zero-order valence-corrected chi connectivity index (χ0v) is 11.3. The van der Waals surface area contributed by atoms with Crippen molar-refractivity contribution < 1.29 is 4.42 Å². The minimum absolute atomic E-state index is 0.217. The predicted octanol–water partition coefficient (Wildman–Crippen LogP) is 1.86. The van der Waals surface area contributed by atoms with Crippen LogP contribution in [-0.2, 0) is 0 Å². The van der Waals surface area contributed by atoms with Crippen molar-refractivity contribution >= 4 is 15.9 Å². The monoisotopic (exact) mass is 287 g/mol. The molecular weight excluding hydrogens is 270 g/mol. The third-order valence-electron chi connectivity index (χ3n) is 2.90. The highest BCUT2D eigenvalue weighted by Gasteiger charge is 2.17. The second kappa shape index (κ2) is 5.31.